The Morgan fingerprint density at radius 1 is 1.13 bits per heavy atom. The molecule has 1 aromatic carbocycles. The first-order valence-corrected chi connectivity index (χ1v) is 8.62. The molecule has 0 radical (unpaired) electrons. The van der Waals surface area contributed by atoms with E-state index in [0.717, 1.165) is 53.6 Å². The highest BCUT2D eigenvalue weighted by Crippen LogP contribution is 2.31. The van der Waals surface area contributed by atoms with Gasteiger partial charge in [0.1, 0.15) is 0 Å². The van der Waals surface area contributed by atoms with Gasteiger partial charge in [-0.05, 0) is 18.4 Å². The monoisotopic (exact) mass is 326 g/mol. The predicted molar refractivity (Wildman–Crippen MR) is 99.0 cm³/mol. The maximum atomic E-state index is 5.82. The molecular weight excluding hydrogens is 304 g/mol. The molecule has 0 atom stereocenters. The lowest BCUT2D eigenvalue weighted by Gasteiger charge is -2.31. The Morgan fingerprint density at radius 2 is 1.78 bits per heavy atom. The molecule has 1 fully saturated rings. The summed E-state index contributed by atoms with van der Waals surface area (Å²) in [6.45, 7) is 9.60. The summed E-state index contributed by atoms with van der Waals surface area (Å²) in [6.07, 6.45) is 2.11. The number of aromatic nitrogens is 1. The van der Waals surface area contributed by atoms with Crippen LogP contribution in [0, 0.1) is 5.92 Å². The highest BCUT2D eigenvalue weighted by atomic mass is 32.1. The zero-order valence-electron chi connectivity index (χ0n) is 13.2. The molecule has 0 amide bonds. The van der Waals surface area contributed by atoms with Gasteiger partial charge in [-0.15, -0.1) is 11.3 Å². The largest absolute Gasteiger partial charge is 0.402 e. The molecule has 1 saturated heterocycles. The van der Waals surface area contributed by atoms with E-state index in [1.165, 1.54) is 0 Å². The number of benzene rings is 1. The maximum absolute atomic E-state index is 5.82. The van der Waals surface area contributed by atoms with E-state index in [1.807, 2.05) is 24.3 Å². The van der Waals surface area contributed by atoms with Gasteiger partial charge in [0, 0.05) is 41.3 Å². The van der Waals surface area contributed by atoms with Crippen molar-refractivity contribution in [2.75, 3.05) is 18.0 Å². The van der Waals surface area contributed by atoms with Crippen molar-refractivity contribution in [3.05, 3.63) is 54.1 Å². The summed E-state index contributed by atoms with van der Waals surface area (Å²) in [5, 5.41) is 3.18. The third-order valence-corrected chi connectivity index (χ3v) is 5.23. The van der Waals surface area contributed by atoms with Crippen LogP contribution in [-0.2, 0) is 0 Å². The SMILES string of the molecule is C=C(N)c1ccc(-c2csc(N3CCC(C(=C)N)CC3)n2)cc1. The second kappa shape index (κ2) is 6.46. The minimum absolute atomic E-state index is 0.447. The molecule has 1 aliphatic heterocycles. The molecular formula is C18H22N4S. The number of allylic oxidation sites excluding steroid dienone is 1. The quantitative estimate of drug-likeness (QED) is 0.903. The molecule has 4 N–H and O–H groups in total. The molecule has 2 aromatic rings. The lowest BCUT2D eigenvalue weighted by atomic mass is 9.95. The molecule has 1 aliphatic rings. The van der Waals surface area contributed by atoms with Crippen molar-refractivity contribution in [1.82, 2.24) is 4.98 Å². The van der Waals surface area contributed by atoms with E-state index in [1.54, 1.807) is 11.3 Å². The van der Waals surface area contributed by atoms with Gasteiger partial charge in [0.15, 0.2) is 5.13 Å². The van der Waals surface area contributed by atoms with Crippen LogP contribution >= 0.6 is 11.3 Å². The number of piperidine rings is 1. The van der Waals surface area contributed by atoms with Gasteiger partial charge >= 0.3 is 0 Å². The van der Waals surface area contributed by atoms with Crippen molar-refractivity contribution in [1.29, 1.82) is 0 Å². The van der Waals surface area contributed by atoms with Crippen LogP contribution in [0.5, 0.6) is 0 Å². The average molecular weight is 326 g/mol. The number of nitrogens with two attached hydrogens (primary N) is 2. The normalized spacial score (nSPS) is 15.6. The van der Waals surface area contributed by atoms with Crippen LogP contribution in [0.15, 0.2) is 48.5 Å². The third kappa shape index (κ3) is 3.40. The Bertz CT molecular complexity index is 709. The Morgan fingerprint density at radius 3 is 2.35 bits per heavy atom. The zero-order chi connectivity index (χ0) is 16.4. The van der Waals surface area contributed by atoms with E-state index < -0.39 is 0 Å². The lowest BCUT2D eigenvalue weighted by molar-refractivity contribution is 0.456. The van der Waals surface area contributed by atoms with E-state index in [4.69, 9.17) is 16.5 Å². The standard InChI is InChI=1S/C18H22N4S/c1-12(19)14-3-5-16(6-4-14)17-11-23-18(21-17)22-9-7-15(8-10-22)13(2)20/h3-6,11,15H,1-2,7-10,19-20H2. The Balaban J connectivity index is 1.71. The highest BCUT2D eigenvalue weighted by molar-refractivity contribution is 7.14. The number of hydrogen-bond donors (Lipinski definition) is 2. The molecule has 2 heterocycles. The molecule has 0 saturated carbocycles. The predicted octanol–water partition coefficient (Wildman–Crippen LogP) is 3.43. The fourth-order valence-corrected chi connectivity index (χ4v) is 3.73. The summed E-state index contributed by atoms with van der Waals surface area (Å²) >= 11 is 1.69. The fraction of sp³-hybridized carbons (Fsp3) is 0.278. The van der Waals surface area contributed by atoms with Crippen LogP contribution in [0.4, 0.5) is 5.13 Å². The van der Waals surface area contributed by atoms with Crippen LogP contribution in [0.1, 0.15) is 18.4 Å². The number of rotatable bonds is 4. The minimum Gasteiger partial charge on any atom is -0.402 e. The molecule has 0 unspecified atom stereocenters. The van der Waals surface area contributed by atoms with E-state index >= 15 is 0 Å². The van der Waals surface area contributed by atoms with Crippen molar-refractivity contribution in [2.45, 2.75) is 12.8 Å². The molecule has 0 bridgehead atoms. The summed E-state index contributed by atoms with van der Waals surface area (Å²) in [5.41, 5.74) is 16.0. The van der Waals surface area contributed by atoms with Crippen molar-refractivity contribution in [2.24, 2.45) is 17.4 Å². The van der Waals surface area contributed by atoms with Gasteiger partial charge in [0.05, 0.1) is 5.69 Å². The first kappa shape index (κ1) is 15.6. The van der Waals surface area contributed by atoms with Gasteiger partial charge < -0.3 is 16.4 Å². The molecule has 0 aliphatic carbocycles. The number of anilines is 1. The van der Waals surface area contributed by atoms with Crippen molar-refractivity contribution in [3.8, 4) is 11.3 Å². The average Bonchev–Trinajstić information content (AvgIpc) is 3.05. The van der Waals surface area contributed by atoms with Crippen molar-refractivity contribution in [3.63, 3.8) is 0 Å². The van der Waals surface area contributed by atoms with Crippen LogP contribution < -0.4 is 16.4 Å². The second-order valence-corrected chi connectivity index (χ2v) is 6.79. The van der Waals surface area contributed by atoms with Crippen LogP contribution in [0.3, 0.4) is 0 Å². The van der Waals surface area contributed by atoms with Crippen LogP contribution in [-0.4, -0.2) is 18.1 Å². The Hall–Kier alpha value is -2.27. The molecule has 5 heteroatoms. The first-order valence-electron chi connectivity index (χ1n) is 7.74. The first-order chi connectivity index (χ1) is 11.0. The number of thiazole rings is 1. The maximum Gasteiger partial charge on any atom is 0.185 e. The van der Waals surface area contributed by atoms with Crippen LogP contribution in [0.25, 0.3) is 17.0 Å². The molecule has 120 valence electrons. The van der Waals surface area contributed by atoms with Gasteiger partial charge in [-0.1, -0.05) is 37.4 Å². The van der Waals surface area contributed by atoms with E-state index in [0.29, 0.717) is 11.6 Å². The Labute approximate surface area is 141 Å². The van der Waals surface area contributed by atoms with Gasteiger partial charge in [-0.2, -0.15) is 0 Å². The van der Waals surface area contributed by atoms with Gasteiger partial charge in [-0.25, -0.2) is 4.98 Å². The minimum atomic E-state index is 0.447. The van der Waals surface area contributed by atoms with Gasteiger partial charge in [0.25, 0.3) is 0 Å². The van der Waals surface area contributed by atoms with Crippen LogP contribution in [0.2, 0.25) is 0 Å². The summed E-state index contributed by atoms with van der Waals surface area (Å²) < 4.78 is 0. The van der Waals surface area contributed by atoms with E-state index in [-0.39, 0.29) is 0 Å². The third-order valence-electron chi connectivity index (χ3n) is 4.33. The molecule has 0 spiro atoms. The molecule has 1 aromatic heterocycles. The summed E-state index contributed by atoms with van der Waals surface area (Å²) in [7, 11) is 0. The van der Waals surface area contributed by atoms with Crippen molar-refractivity contribution >= 4 is 22.2 Å². The number of hydrogen-bond acceptors (Lipinski definition) is 5. The van der Waals surface area contributed by atoms with Gasteiger partial charge in [-0.3, -0.25) is 0 Å². The second-order valence-electron chi connectivity index (χ2n) is 5.95. The molecule has 4 nitrogen and oxygen atoms in total. The fourth-order valence-electron chi connectivity index (χ4n) is 2.84. The summed E-state index contributed by atoms with van der Waals surface area (Å²) in [4.78, 5) is 7.12. The highest BCUT2D eigenvalue weighted by Gasteiger charge is 2.22. The molecule has 23 heavy (non-hydrogen) atoms. The Kier molecular flexibility index (Phi) is 4.39. The zero-order valence-corrected chi connectivity index (χ0v) is 14.0. The van der Waals surface area contributed by atoms with E-state index in [2.05, 4.69) is 23.4 Å². The smallest absolute Gasteiger partial charge is 0.185 e. The van der Waals surface area contributed by atoms with Crippen molar-refractivity contribution < 1.29 is 0 Å². The number of nitrogens with zero attached hydrogens (tertiary/aromatic N) is 2. The van der Waals surface area contributed by atoms with Gasteiger partial charge in [0.2, 0.25) is 0 Å². The summed E-state index contributed by atoms with van der Waals surface area (Å²) in [5.74, 6) is 0.447. The summed E-state index contributed by atoms with van der Waals surface area (Å²) in [6, 6.07) is 8.04. The molecule has 3 rings (SSSR count). The lowest BCUT2D eigenvalue weighted by Crippen LogP contribution is -2.35. The topological polar surface area (TPSA) is 68.2 Å². The van der Waals surface area contributed by atoms with E-state index in [9.17, 15) is 0 Å².